The lowest BCUT2D eigenvalue weighted by Gasteiger charge is -2.29. The number of rotatable bonds is 12. The minimum absolute atomic E-state index is 0.127. The van der Waals surface area contributed by atoms with Gasteiger partial charge in [0.2, 0.25) is 0 Å². The molecule has 0 saturated carbocycles. The number of halogens is 1. The van der Waals surface area contributed by atoms with Gasteiger partial charge in [0, 0.05) is 57.2 Å². The van der Waals surface area contributed by atoms with E-state index in [0.29, 0.717) is 37.3 Å². The van der Waals surface area contributed by atoms with E-state index in [1.54, 1.807) is 36.4 Å². The lowest BCUT2D eigenvalue weighted by Crippen LogP contribution is -2.33. The van der Waals surface area contributed by atoms with Crippen molar-refractivity contribution >= 4 is 28.6 Å². The summed E-state index contributed by atoms with van der Waals surface area (Å²) in [6.45, 7) is 11.3. The molecule has 0 unspecified atom stereocenters. The molecule has 3 aromatic heterocycles. The van der Waals surface area contributed by atoms with Crippen molar-refractivity contribution in [3.05, 3.63) is 102 Å². The average molecular weight is 627 g/mol. The van der Waals surface area contributed by atoms with Crippen molar-refractivity contribution in [3.63, 3.8) is 0 Å². The van der Waals surface area contributed by atoms with Crippen LogP contribution >= 0.6 is 11.8 Å². The smallest absolute Gasteiger partial charge is 0.310 e. The second-order valence-corrected chi connectivity index (χ2v) is 14.1. The molecule has 0 amide bonds. The van der Waals surface area contributed by atoms with Crippen LogP contribution in [0.5, 0.6) is 5.75 Å². The molecular weight excluding hydrogens is 587 g/mol. The highest BCUT2D eigenvalue weighted by Crippen LogP contribution is 2.45. The summed E-state index contributed by atoms with van der Waals surface area (Å²) in [5.41, 5.74) is 4.51. The van der Waals surface area contributed by atoms with Gasteiger partial charge in [-0.3, -0.25) is 19.7 Å². The zero-order valence-corrected chi connectivity index (χ0v) is 27.2. The number of carbonyl (C=O) groups is 1. The van der Waals surface area contributed by atoms with Gasteiger partial charge in [-0.15, -0.1) is 11.8 Å². The SMILES string of the molecule is CCC(CC)(Cc1c(SC(C)(C)C)c2cc(OCc3cnccn3)ccc2n1Cc1ccc(-c2ccc(F)cn2)cc1)C(=O)O. The average Bonchev–Trinajstić information content (AvgIpc) is 3.29. The Balaban J connectivity index is 1.62. The number of pyridine rings is 1. The second kappa shape index (κ2) is 13.4. The number of benzene rings is 2. The van der Waals surface area contributed by atoms with Gasteiger partial charge in [0.05, 0.1) is 29.2 Å². The minimum Gasteiger partial charge on any atom is -0.487 e. The molecule has 234 valence electrons. The first kappa shape index (κ1) is 32.2. The van der Waals surface area contributed by atoms with Crippen LogP contribution in [-0.2, 0) is 24.4 Å². The molecule has 45 heavy (non-hydrogen) atoms. The Morgan fingerprint density at radius 1 is 0.978 bits per heavy atom. The van der Waals surface area contributed by atoms with E-state index in [0.717, 1.165) is 38.3 Å². The van der Waals surface area contributed by atoms with E-state index in [-0.39, 0.29) is 17.2 Å². The minimum atomic E-state index is -0.900. The van der Waals surface area contributed by atoms with E-state index in [9.17, 15) is 14.3 Å². The van der Waals surface area contributed by atoms with Gasteiger partial charge in [-0.2, -0.15) is 0 Å². The normalized spacial score (nSPS) is 12.0. The highest BCUT2D eigenvalue weighted by Gasteiger charge is 2.38. The Morgan fingerprint density at radius 3 is 2.33 bits per heavy atom. The van der Waals surface area contributed by atoms with Crippen molar-refractivity contribution in [2.45, 2.75) is 76.7 Å². The number of ether oxygens (including phenoxy) is 1. The fourth-order valence-corrected chi connectivity index (χ4v) is 6.68. The highest BCUT2D eigenvalue weighted by atomic mass is 32.2. The Hall–Kier alpha value is -4.24. The molecule has 5 rings (SSSR count). The first-order valence-electron chi connectivity index (χ1n) is 15.2. The Kier molecular flexibility index (Phi) is 9.58. The number of carboxylic acid groups (broad SMARTS) is 1. The van der Waals surface area contributed by atoms with Gasteiger partial charge in [0.25, 0.3) is 0 Å². The number of aromatic nitrogens is 4. The fraction of sp³-hybridized carbons (Fsp3) is 0.333. The van der Waals surface area contributed by atoms with Crippen molar-refractivity contribution in [1.29, 1.82) is 0 Å². The summed E-state index contributed by atoms with van der Waals surface area (Å²) < 4.78 is 21.7. The molecule has 0 aliphatic carbocycles. The van der Waals surface area contributed by atoms with Gasteiger partial charge >= 0.3 is 5.97 Å². The molecular formula is C36H39FN4O3S. The zero-order chi connectivity index (χ0) is 32.2. The van der Waals surface area contributed by atoms with Crippen molar-refractivity contribution < 1.29 is 19.0 Å². The van der Waals surface area contributed by atoms with Crippen LogP contribution < -0.4 is 4.74 Å². The largest absolute Gasteiger partial charge is 0.487 e. The number of carboxylic acids is 1. The molecule has 9 heteroatoms. The molecule has 5 aromatic rings. The predicted molar refractivity (Wildman–Crippen MR) is 177 cm³/mol. The van der Waals surface area contributed by atoms with Gasteiger partial charge in [0.15, 0.2) is 0 Å². The van der Waals surface area contributed by atoms with E-state index >= 15 is 0 Å². The van der Waals surface area contributed by atoms with Gasteiger partial charge < -0.3 is 14.4 Å². The maximum absolute atomic E-state index is 13.4. The van der Waals surface area contributed by atoms with E-state index in [1.807, 2.05) is 32.0 Å². The Bertz CT molecular complexity index is 1760. The molecule has 0 fully saturated rings. The predicted octanol–water partition coefficient (Wildman–Crippen LogP) is 8.58. The first-order valence-corrected chi connectivity index (χ1v) is 16.0. The maximum atomic E-state index is 13.4. The highest BCUT2D eigenvalue weighted by molar-refractivity contribution is 8.00. The summed E-state index contributed by atoms with van der Waals surface area (Å²) in [6.07, 6.45) is 7.62. The fourth-order valence-electron chi connectivity index (χ4n) is 5.49. The van der Waals surface area contributed by atoms with Crippen LogP contribution in [0.4, 0.5) is 4.39 Å². The van der Waals surface area contributed by atoms with Crippen LogP contribution in [0, 0.1) is 11.2 Å². The van der Waals surface area contributed by atoms with Crippen LogP contribution in [-0.4, -0.2) is 35.3 Å². The third kappa shape index (κ3) is 7.36. The van der Waals surface area contributed by atoms with Crippen LogP contribution in [0.2, 0.25) is 0 Å². The summed E-state index contributed by atoms with van der Waals surface area (Å²) in [7, 11) is 0. The molecule has 1 N–H and O–H groups in total. The summed E-state index contributed by atoms with van der Waals surface area (Å²) >= 11 is 1.76. The number of thioether (sulfide) groups is 1. The molecule has 0 aliphatic rings. The van der Waals surface area contributed by atoms with Crippen molar-refractivity contribution in [2.75, 3.05) is 0 Å². The van der Waals surface area contributed by atoms with E-state index in [2.05, 4.69) is 64.6 Å². The number of fused-ring (bicyclic) bond motifs is 1. The van der Waals surface area contributed by atoms with Gasteiger partial charge in [0.1, 0.15) is 18.2 Å². The molecule has 0 saturated heterocycles. The van der Waals surface area contributed by atoms with Gasteiger partial charge in [-0.25, -0.2) is 4.39 Å². The molecule has 0 spiro atoms. The summed E-state index contributed by atoms with van der Waals surface area (Å²) in [6, 6.07) is 17.2. The zero-order valence-electron chi connectivity index (χ0n) is 26.4. The number of aliphatic carboxylic acids is 1. The summed E-state index contributed by atoms with van der Waals surface area (Å²) in [5, 5.41) is 11.5. The summed E-state index contributed by atoms with van der Waals surface area (Å²) in [4.78, 5) is 26.5. The molecule has 0 bridgehead atoms. The van der Waals surface area contributed by atoms with E-state index in [4.69, 9.17) is 4.74 Å². The van der Waals surface area contributed by atoms with Gasteiger partial charge in [-0.05, 0) is 48.7 Å². The monoisotopic (exact) mass is 626 g/mol. The molecule has 7 nitrogen and oxygen atoms in total. The molecule has 0 radical (unpaired) electrons. The second-order valence-electron chi connectivity index (χ2n) is 12.3. The molecule has 2 aromatic carbocycles. The Morgan fingerprint density at radius 2 is 1.73 bits per heavy atom. The molecule has 0 atom stereocenters. The van der Waals surface area contributed by atoms with Crippen LogP contribution in [0.1, 0.15) is 64.4 Å². The van der Waals surface area contributed by atoms with E-state index in [1.165, 1.54) is 12.3 Å². The lowest BCUT2D eigenvalue weighted by atomic mass is 9.78. The quantitative estimate of drug-likeness (QED) is 0.139. The third-order valence-electron chi connectivity index (χ3n) is 8.13. The van der Waals surface area contributed by atoms with E-state index < -0.39 is 11.4 Å². The third-order valence-corrected chi connectivity index (χ3v) is 9.41. The number of hydrogen-bond donors (Lipinski definition) is 1. The van der Waals surface area contributed by atoms with Crippen LogP contribution in [0.25, 0.3) is 22.2 Å². The van der Waals surface area contributed by atoms with Crippen LogP contribution in [0.15, 0.2) is 84.3 Å². The van der Waals surface area contributed by atoms with Crippen molar-refractivity contribution in [3.8, 4) is 17.0 Å². The van der Waals surface area contributed by atoms with Crippen molar-refractivity contribution in [1.82, 2.24) is 19.5 Å². The maximum Gasteiger partial charge on any atom is 0.310 e. The first-order chi connectivity index (χ1) is 21.5. The molecule has 3 heterocycles. The van der Waals surface area contributed by atoms with Crippen LogP contribution in [0.3, 0.4) is 0 Å². The van der Waals surface area contributed by atoms with Crippen molar-refractivity contribution in [2.24, 2.45) is 5.41 Å². The number of nitrogens with zero attached hydrogens (tertiary/aromatic N) is 4. The summed E-state index contributed by atoms with van der Waals surface area (Å²) in [5.74, 6) is -0.440. The number of hydrogen-bond acceptors (Lipinski definition) is 6. The lowest BCUT2D eigenvalue weighted by molar-refractivity contribution is -0.149. The standard InChI is InChI=1S/C36H39FN4O3S/c1-6-36(7-2,34(42)43)19-32-33(45-35(3,4)5)29-18-28(44-23-27-21-38-16-17-39-27)13-15-31(29)41(32)22-24-8-10-25(11-9-24)30-14-12-26(37)20-40-30/h8-18,20-21H,6-7,19,22-23H2,1-5H3,(H,42,43). The topological polar surface area (TPSA) is 90.1 Å². The Labute approximate surface area is 267 Å². The molecule has 0 aliphatic heterocycles. The van der Waals surface area contributed by atoms with Gasteiger partial charge in [-0.1, -0.05) is 58.9 Å².